The normalized spacial score (nSPS) is 12.9. The van der Waals surface area contributed by atoms with Crippen LogP contribution in [0, 0.1) is 5.82 Å². The minimum atomic E-state index is -3.58. The molecule has 1 atom stereocenters. The molecule has 0 saturated heterocycles. The number of carbonyl (C=O) groups is 1. The molecule has 0 aromatic heterocycles. The van der Waals surface area contributed by atoms with Crippen LogP contribution in [0.1, 0.15) is 31.4 Å². The van der Waals surface area contributed by atoms with Gasteiger partial charge in [0.05, 0.1) is 22.9 Å². The van der Waals surface area contributed by atoms with E-state index in [1.165, 1.54) is 36.4 Å². The molecule has 0 aliphatic heterocycles. The fraction of sp³-hybridized carbons (Fsp3) is 0.350. The molecule has 0 radical (unpaired) electrons. The van der Waals surface area contributed by atoms with Gasteiger partial charge >= 0.3 is 0 Å². The number of anilines is 1. The van der Waals surface area contributed by atoms with Crippen molar-refractivity contribution in [2.45, 2.75) is 30.7 Å². The summed E-state index contributed by atoms with van der Waals surface area (Å²) < 4.78 is 61.4. The van der Waals surface area contributed by atoms with Gasteiger partial charge in [-0.3, -0.25) is 9.10 Å². The highest BCUT2D eigenvalue weighted by molar-refractivity contribution is 7.92. The lowest BCUT2D eigenvalue weighted by molar-refractivity contribution is -0.121. The van der Waals surface area contributed by atoms with Crippen LogP contribution in [0.5, 0.6) is 0 Å². The van der Waals surface area contributed by atoms with Gasteiger partial charge in [0, 0.05) is 19.2 Å². The summed E-state index contributed by atoms with van der Waals surface area (Å²) in [5.74, 6) is -0.729. The molecule has 7 nitrogen and oxygen atoms in total. The average molecular weight is 457 g/mol. The lowest BCUT2D eigenvalue weighted by Crippen LogP contribution is -2.32. The first-order valence-electron chi connectivity index (χ1n) is 9.20. The largest absolute Gasteiger partial charge is 0.350 e. The van der Waals surface area contributed by atoms with E-state index in [1.807, 2.05) is 0 Å². The first-order valence-corrected chi connectivity index (χ1v) is 12.9. The summed E-state index contributed by atoms with van der Waals surface area (Å²) in [6, 6.07) is 11.0. The summed E-state index contributed by atoms with van der Waals surface area (Å²) in [5, 5.41) is 2.81. The first-order chi connectivity index (χ1) is 13.9. The maximum Gasteiger partial charge on any atom is 0.232 e. The third-order valence-corrected chi connectivity index (χ3v) is 6.79. The molecule has 0 aliphatic rings. The number of halogens is 1. The fourth-order valence-electron chi connectivity index (χ4n) is 2.88. The van der Waals surface area contributed by atoms with E-state index in [9.17, 15) is 26.0 Å². The molecule has 0 aliphatic carbocycles. The first kappa shape index (κ1) is 23.8. The molecular formula is C20H25FN2O5S2. The maximum absolute atomic E-state index is 13.1. The number of sulfone groups is 1. The average Bonchev–Trinajstić information content (AvgIpc) is 2.64. The monoisotopic (exact) mass is 456 g/mol. The van der Waals surface area contributed by atoms with Crippen LogP contribution in [0.15, 0.2) is 53.4 Å². The number of amides is 1. The predicted octanol–water partition coefficient (Wildman–Crippen LogP) is 2.65. The van der Waals surface area contributed by atoms with Crippen LogP contribution in [-0.2, 0) is 24.7 Å². The third-order valence-electron chi connectivity index (χ3n) is 4.47. The Bertz CT molecular complexity index is 1080. The van der Waals surface area contributed by atoms with Crippen molar-refractivity contribution in [3.8, 4) is 0 Å². The van der Waals surface area contributed by atoms with Crippen molar-refractivity contribution in [3.05, 3.63) is 59.9 Å². The summed E-state index contributed by atoms with van der Waals surface area (Å²) in [7, 11) is -6.87. The van der Waals surface area contributed by atoms with Gasteiger partial charge in [0.2, 0.25) is 15.9 Å². The Morgan fingerprint density at radius 2 is 1.57 bits per heavy atom. The number of rotatable bonds is 9. The lowest BCUT2D eigenvalue weighted by Gasteiger charge is -2.22. The van der Waals surface area contributed by atoms with Crippen molar-refractivity contribution in [3.63, 3.8) is 0 Å². The van der Waals surface area contributed by atoms with Crippen LogP contribution >= 0.6 is 0 Å². The van der Waals surface area contributed by atoms with Gasteiger partial charge in [0.15, 0.2) is 9.84 Å². The zero-order chi connectivity index (χ0) is 22.5. The minimum Gasteiger partial charge on any atom is -0.350 e. The number of carbonyl (C=O) groups excluding carboxylic acids is 1. The Hall–Kier alpha value is -2.46. The Kier molecular flexibility index (Phi) is 7.59. The fourth-order valence-corrected chi connectivity index (χ4v) is 4.47. The van der Waals surface area contributed by atoms with Gasteiger partial charge in [-0.05, 0) is 55.3 Å². The zero-order valence-electron chi connectivity index (χ0n) is 17.0. The lowest BCUT2D eigenvalue weighted by atomic mass is 10.1. The summed E-state index contributed by atoms with van der Waals surface area (Å²) in [4.78, 5) is 12.4. The summed E-state index contributed by atoms with van der Waals surface area (Å²) in [5.41, 5.74) is 1.08. The molecule has 0 saturated carbocycles. The van der Waals surface area contributed by atoms with Crippen LogP contribution in [0.25, 0.3) is 0 Å². The summed E-state index contributed by atoms with van der Waals surface area (Å²) in [6.45, 7) is 1.85. The van der Waals surface area contributed by atoms with E-state index < -0.39 is 25.7 Å². The highest BCUT2D eigenvalue weighted by Crippen LogP contribution is 2.19. The van der Waals surface area contributed by atoms with Crippen LogP contribution in [0.4, 0.5) is 10.1 Å². The van der Waals surface area contributed by atoms with E-state index in [2.05, 4.69) is 5.32 Å². The Morgan fingerprint density at radius 1 is 1.00 bits per heavy atom. The molecule has 164 valence electrons. The SMILES string of the molecule is C[C@@H](NC(=O)CCCN(c1ccc(F)cc1)S(C)(=O)=O)c1ccc(S(C)(=O)=O)cc1. The minimum absolute atomic E-state index is 0.0787. The topological polar surface area (TPSA) is 101 Å². The van der Waals surface area contributed by atoms with Crippen LogP contribution in [0.3, 0.4) is 0 Å². The zero-order valence-corrected chi connectivity index (χ0v) is 18.6. The molecule has 0 bridgehead atoms. The number of nitrogens with zero attached hydrogens (tertiary/aromatic N) is 1. The predicted molar refractivity (Wildman–Crippen MR) is 114 cm³/mol. The second kappa shape index (κ2) is 9.57. The van der Waals surface area contributed by atoms with Crippen LogP contribution in [-0.4, -0.2) is 41.8 Å². The Morgan fingerprint density at radius 3 is 2.07 bits per heavy atom. The van der Waals surface area contributed by atoms with Gasteiger partial charge in [0.1, 0.15) is 5.82 Å². The molecule has 0 unspecified atom stereocenters. The molecule has 0 heterocycles. The van der Waals surface area contributed by atoms with Crippen LogP contribution < -0.4 is 9.62 Å². The maximum atomic E-state index is 13.1. The van der Waals surface area contributed by atoms with Crippen LogP contribution in [0.2, 0.25) is 0 Å². The third kappa shape index (κ3) is 6.81. The van der Waals surface area contributed by atoms with E-state index in [4.69, 9.17) is 0 Å². The molecular weight excluding hydrogens is 431 g/mol. The molecule has 0 fully saturated rings. The van der Waals surface area contributed by atoms with Gasteiger partial charge in [-0.1, -0.05) is 12.1 Å². The second-order valence-corrected chi connectivity index (χ2v) is 11.0. The molecule has 2 aromatic rings. The standard InChI is InChI=1S/C20H25FN2O5S2/c1-15(16-6-12-19(13-7-16)29(2,25)26)22-20(24)5-4-14-23(30(3,27)28)18-10-8-17(21)9-11-18/h6-13,15H,4-5,14H2,1-3H3,(H,22,24)/t15-/m1/s1. The van der Waals surface area contributed by atoms with Gasteiger partial charge in [-0.25, -0.2) is 21.2 Å². The second-order valence-electron chi connectivity index (χ2n) is 7.05. The van der Waals surface area contributed by atoms with E-state index >= 15 is 0 Å². The molecule has 1 N–H and O–H groups in total. The van der Waals surface area contributed by atoms with Crippen molar-refractivity contribution in [2.24, 2.45) is 0 Å². The summed E-state index contributed by atoms with van der Waals surface area (Å²) in [6.07, 6.45) is 2.55. The van der Waals surface area contributed by atoms with Crippen molar-refractivity contribution >= 4 is 31.5 Å². The molecule has 0 spiro atoms. The Balaban J connectivity index is 1.93. The quantitative estimate of drug-likeness (QED) is 0.625. The van der Waals surface area contributed by atoms with Gasteiger partial charge in [0.25, 0.3) is 0 Å². The van der Waals surface area contributed by atoms with Crippen molar-refractivity contribution in [2.75, 3.05) is 23.4 Å². The van der Waals surface area contributed by atoms with E-state index in [0.717, 1.165) is 22.4 Å². The Labute approximate surface area is 176 Å². The van der Waals surface area contributed by atoms with Gasteiger partial charge in [-0.15, -0.1) is 0 Å². The van der Waals surface area contributed by atoms with Crippen molar-refractivity contribution in [1.82, 2.24) is 5.32 Å². The highest BCUT2D eigenvalue weighted by atomic mass is 32.2. The number of hydrogen-bond donors (Lipinski definition) is 1. The number of benzene rings is 2. The van der Waals surface area contributed by atoms with Gasteiger partial charge in [-0.2, -0.15) is 0 Å². The molecule has 10 heteroatoms. The van der Waals surface area contributed by atoms with E-state index in [0.29, 0.717) is 5.69 Å². The highest BCUT2D eigenvalue weighted by Gasteiger charge is 2.18. The number of nitrogens with one attached hydrogen (secondary N) is 1. The summed E-state index contributed by atoms with van der Waals surface area (Å²) >= 11 is 0. The molecule has 30 heavy (non-hydrogen) atoms. The van der Waals surface area contributed by atoms with E-state index in [-0.39, 0.29) is 36.2 Å². The van der Waals surface area contributed by atoms with Gasteiger partial charge < -0.3 is 5.32 Å². The smallest absolute Gasteiger partial charge is 0.232 e. The molecule has 2 aromatic carbocycles. The number of hydrogen-bond acceptors (Lipinski definition) is 5. The van der Waals surface area contributed by atoms with Crippen molar-refractivity contribution < 1.29 is 26.0 Å². The van der Waals surface area contributed by atoms with Crippen molar-refractivity contribution in [1.29, 1.82) is 0 Å². The molecule has 1 amide bonds. The molecule has 2 rings (SSSR count). The number of sulfonamides is 1. The van der Waals surface area contributed by atoms with E-state index in [1.54, 1.807) is 19.1 Å².